The van der Waals surface area contributed by atoms with Crippen molar-refractivity contribution in [3.05, 3.63) is 101 Å². The van der Waals surface area contributed by atoms with E-state index in [1.54, 1.807) is 7.11 Å². The van der Waals surface area contributed by atoms with Gasteiger partial charge in [-0.1, -0.05) is 30.7 Å². The third-order valence-electron chi connectivity index (χ3n) is 8.53. The summed E-state index contributed by atoms with van der Waals surface area (Å²) >= 11 is 13.0. The van der Waals surface area contributed by atoms with Crippen LogP contribution < -0.4 is 19.9 Å². The number of nitrogens with zero attached hydrogens (tertiary/aromatic N) is 4. The fraction of sp³-hybridized carbons (Fsp3) is 0.333. The lowest BCUT2D eigenvalue weighted by Gasteiger charge is -2.33. The van der Waals surface area contributed by atoms with Gasteiger partial charge >= 0.3 is 0 Å². The molecule has 2 fully saturated rings. The van der Waals surface area contributed by atoms with Gasteiger partial charge in [-0.3, -0.25) is 4.98 Å². The smallest absolute Gasteiger partial charge is 0.174 e. The Kier molecular flexibility index (Phi) is 7.66. The molecule has 2 aromatic heterocycles. The summed E-state index contributed by atoms with van der Waals surface area (Å²) in [7, 11) is 1.70. The lowest BCUT2D eigenvalue weighted by Crippen LogP contribution is -2.33. The van der Waals surface area contributed by atoms with Gasteiger partial charge in [-0.2, -0.15) is 0 Å². The normalized spacial score (nSPS) is 19.5. The van der Waals surface area contributed by atoms with Crippen molar-refractivity contribution in [2.24, 2.45) is 5.92 Å². The molecule has 1 N–H and O–H groups in total. The van der Waals surface area contributed by atoms with Crippen LogP contribution in [0.25, 0.3) is 5.69 Å². The molecule has 0 saturated carbocycles. The van der Waals surface area contributed by atoms with Crippen LogP contribution in [0.15, 0.2) is 72.9 Å². The Bertz CT molecular complexity index is 1560. The van der Waals surface area contributed by atoms with Crippen LogP contribution in [-0.4, -0.2) is 34.9 Å². The number of thiocarbonyl (C=S) groups is 1. The van der Waals surface area contributed by atoms with Gasteiger partial charge in [0.25, 0.3) is 0 Å². The molecular weight excluding hydrogens is 550 g/mol. The van der Waals surface area contributed by atoms with Gasteiger partial charge in [0.05, 0.1) is 35.6 Å². The number of anilines is 2. The number of nitrogens with one attached hydrogen (secondary N) is 1. The van der Waals surface area contributed by atoms with E-state index in [0.717, 1.165) is 63.9 Å². The van der Waals surface area contributed by atoms with E-state index < -0.39 is 0 Å². The standard InChI is InChI=1S/C33H36ClN5OS/c1-21-13-16-37(17-14-21)30-12-11-25(20-28(30)34)39-32(31(36-33(39)41)29-10-5-6-15-35-29)27-18-22(2)38(23(27)3)24-8-7-9-26(19-24)40-4/h5-12,15,18-21,31-32H,13-14,16-17H2,1-4H3,(H,36,41)/t31-,32-/m0/s1. The van der Waals surface area contributed by atoms with E-state index in [2.05, 4.69) is 82.9 Å². The molecule has 2 aromatic carbocycles. The van der Waals surface area contributed by atoms with Gasteiger partial charge in [0.1, 0.15) is 5.75 Å². The quantitative estimate of drug-likeness (QED) is 0.236. The number of aryl methyl sites for hydroxylation is 1. The zero-order chi connectivity index (χ0) is 28.7. The molecule has 0 spiro atoms. The van der Waals surface area contributed by atoms with Crippen molar-refractivity contribution in [1.82, 2.24) is 14.9 Å². The minimum Gasteiger partial charge on any atom is -0.497 e. The highest BCUT2D eigenvalue weighted by Gasteiger charge is 2.42. The maximum absolute atomic E-state index is 6.98. The van der Waals surface area contributed by atoms with Gasteiger partial charge in [-0.25, -0.2) is 0 Å². The highest BCUT2D eigenvalue weighted by atomic mass is 35.5. The zero-order valence-electron chi connectivity index (χ0n) is 24.0. The fourth-order valence-electron chi connectivity index (χ4n) is 6.33. The summed E-state index contributed by atoms with van der Waals surface area (Å²) in [6.45, 7) is 8.70. The van der Waals surface area contributed by atoms with Crippen LogP contribution in [0.5, 0.6) is 5.75 Å². The average Bonchev–Trinajstić information content (AvgIpc) is 3.48. The molecule has 0 aliphatic carbocycles. The summed E-state index contributed by atoms with van der Waals surface area (Å²) in [5.74, 6) is 1.59. The van der Waals surface area contributed by atoms with Crippen molar-refractivity contribution in [2.75, 3.05) is 30.0 Å². The number of piperidine rings is 1. The minimum absolute atomic E-state index is 0.124. The Morgan fingerprint density at radius 2 is 1.78 bits per heavy atom. The molecule has 2 saturated heterocycles. The van der Waals surface area contributed by atoms with E-state index in [1.807, 2.05) is 30.5 Å². The van der Waals surface area contributed by atoms with Crippen molar-refractivity contribution in [3.63, 3.8) is 0 Å². The van der Waals surface area contributed by atoms with Gasteiger partial charge in [-0.05, 0) is 98.9 Å². The van der Waals surface area contributed by atoms with Crippen LogP contribution in [0.3, 0.4) is 0 Å². The number of rotatable bonds is 6. The first-order valence-electron chi connectivity index (χ1n) is 14.2. The largest absolute Gasteiger partial charge is 0.497 e. The van der Waals surface area contributed by atoms with Crippen molar-refractivity contribution >= 4 is 40.3 Å². The number of hydrogen-bond donors (Lipinski definition) is 1. The molecule has 0 bridgehead atoms. The van der Waals surface area contributed by atoms with E-state index in [9.17, 15) is 0 Å². The average molecular weight is 586 g/mol. The summed E-state index contributed by atoms with van der Waals surface area (Å²) in [6.07, 6.45) is 4.22. The third kappa shape index (κ3) is 5.17. The third-order valence-corrected chi connectivity index (χ3v) is 9.15. The summed E-state index contributed by atoms with van der Waals surface area (Å²) in [6, 6.07) is 22.6. The number of halogens is 1. The summed E-state index contributed by atoms with van der Waals surface area (Å²) < 4.78 is 7.80. The lowest BCUT2D eigenvalue weighted by atomic mass is 9.96. The van der Waals surface area contributed by atoms with E-state index in [4.69, 9.17) is 33.5 Å². The summed E-state index contributed by atoms with van der Waals surface area (Å²) in [4.78, 5) is 9.35. The number of methoxy groups -OCH3 is 1. The van der Waals surface area contributed by atoms with Gasteiger partial charge in [0.2, 0.25) is 0 Å². The van der Waals surface area contributed by atoms with E-state index in [-0.39, 0.29) is 12.1 Å². The van der Waals surface area contributed by atoms with Crippen LogP contribution in [0.1, 0.15) is 54.5 Å². The molecule has 2 aliphatic heterocycles. The molecule has 4 aromatic rings. The molecule has 212 valence electrons. The molecular formula is C33H36ClN5OS. The number of hydrogen-bond acceptors (Lipinski definition) is 4. The monoisotopic (exact) mass is 585 g/mol. The predicted molar refractivity (Wildman–Crippen MR) is 172 cm³/mol. The highest BCUT2D eigenvalue weighted by Crippen LogP contribution is 2.45. The van der Waals surface area contributed by atoms with Crippen molar-refractivity contribution < 1.29 is 4.74 Å². The van der Waals surface area contributed by atoms with Crippen LogP contribution in [0.2, 0.25) is 5.02 Å². The van der Waals surface area contributed by atoms with Crippen LogP contribution in [-0.2, 0) is 0 Å². The molecule has 2 aliphatic rings. The van der Waals surface area contributed by atoms with E-state index >= 15 is 0 Å². The molecule has 41 heavy (non-hydrogen) atoms. The second-order valence-corrected chi connectivity index (χ2v) is 12.0. The number of benzene rings is 2. The van der Waals surface area contributed by atoms with Crippen molar-refractivity contribution in [1.29, 1.82) is 0 Å². The second kappa shape index (κ2) is 11.4. The second-order valence-electron chi connectivity index (χ2n) is 11.2. The number of pyridine rings is 1. The molecule has 8 heteroatoms. The summed E-state index contributed by atoms with van der Waals surface area (Å²) in [5, 5.41) is 5.01. The molecule has 4 heterocycles. The number of ether oxygens (including phenoxy) is 1. The van der Waals surface area contributed by atoms with Crippen LogP contribution in [0.4, 0.5) is 11.4 Å². The predicted octanol–water partition coefficient (Wildman–Crippen LogP) is 7.56. The van der Waals surface area contributed by atoms with Gasteiger partial charge < -0.3 is 24.4 Å². The Hall–Kier alpha value is -3.55. The van der Waals surface area contributed by atoms with Crippen LogP contribution >= 0.6 is 23.8 Å². The lowest BCUT2D eigenvalue weighted by molar-refractivity contribution is 0.414. The molecule has 2 atom stereocenters. The fourth-order valence-corrected chi connectivity index (χ4v) is 6.97. The van der Waals surface area contributed by atoms with E-state index in [0.29, 0.717) is 5.11 Å². The first-order chi connectivity index (χ1) is 19.9. The van der Waals surface area contributed by atoms with Gasteiger partial charge in [0.15, 0.2) is 5.11 Å². The Labute approximate surface area is 252 Å². The first kappa shape index (κ1) is 27.6. The maximum Gasteiger partial charge on any atom is 0.174 e. The topological polar surface area (TPSA) is 45.6 Å². The Morgan fingerprint density at radius 1 is 0.976 bits per heavy atom. The first-order valence-corrected chi connectivity index (χ1v) is 15.0. The Balaban J connectivity index is 1.44. The molecule has 0 radical (unpaired) electrons. The SMILES string of the molecule is COc1cccc(-n2c(C)cc([C@H]3[C@H](c4ccccn4)NC(=S)N3c3ccc(N4CCC(C)CC4)c(Cl)c3)c2C)c1. The molecule has 6 rings (SSSR count). The maximum atomic E-state index is 6.98. The highest BCUT2D eigenvalue weighted by molar-refractivity contribution is 7.80. The summed E-state index contributed by atoms with van der Waals surface area (Å²) in [5.41, 5.74) is 7.52. The minimum atomic E-state index is -0.134. The molecule has 0 unspecified atom stereocenters. The Morgan fingerprint density at radius 3 is 2.49 bits per heavy atom. The molecule has 6 nitrogen and oxygen atoms in total. The van der Waals surface area contributed by atoms with E-state index in [1.165, 1.54) is 18.4 Å². The number of aromatic nitrogens is 2. The van der Waals surface area contributed by atoms with Crippen LogP contribution in [0, 0.1) is 19.8 Å². The van der Waals surface area contributed by atoms with Crippen molar-refractivity contribution in [2.45, 2.75) is 45.7 Å². The van der Waals surface area contributed by atoms with Crippen molar-refractivity contribution in [3.8, 4) is 11.4 Å². The molecule has 0 amide bonds. The zero-order valence-corrected chi connectivity index (χ0v) is 25.5. The van der Waals surface area contributed by atoms with Gasteiger partial charge in [-0.15, -0.1) is 0 Å². The van der Waals surface area contributed by atoms with Gasteiger partial charge in [0, 0.05) is 48.1 Å².